The normalized spacial score (nSPS) is 12.1. The van der Waals surface area contributed by atoms with Crippen LogP contribution < -0.4 is 16.8 Å². The van der Waals surface area contributed by atoms with E-state index in [2.05, 4.69) is 22.0 Å². The number of likely N-dealkylation sites (N-methyl/N-ethyl adjacent to an activating group) is 1. The second-order valence-electron chi connectivity index (χ2n) is 6.35. The molecule has 1 aromatic rings. The zero-order chi connectivity index (χ0) is 21.6. The lowest BCUT2D eigenvalue weighted by atomic mass is 9.98. The zero-order valence-electron chi connectivity index (χ0n) is 16.9. The Morgan fingerprint density at radius 1 is 1.21 bits per heavy atom. The molecule has 2 amide bonds. The van der Waals surface area contributed by atoms with Gasteiger partial charge in [-0.1, -0.05) is 6.07 Å². The quantitative estimate of drug-likeness (QED) is 0.324. The molecule has 28 heavy (non-hydrogen) atoms. The summed E-state index contributed by atoms with van der Waals surface area (Å²) in [4.78, 5) is 33.3. The molecule has 0 fully saturated rings. The van der Waals surface area contributed by atoms with Crippen LogP contribution in [0.5, 0.6) is 0 Å². The van der Waals surface area contributed by atoms with Crippen molar-refractivity contribution in [3.05, 3.63) is 40.1 Å². The second-order valence-corrected chi connectivity index (χ2v) is 6.35. The molecule has 9 nitrogen and oxygen atoms in total. The Hall–Kier alpha value is -3.49. The number of aliphatic imine (C=N–C) groups is 2. The van der Waals surface area contributed by atoms with Crippen LogP contribution in [-0.2, 0) is 16.0 Å². The van der Waals surface area contributed by atoms with Gasteiger partial charge in [-0.15, -0.1) is 0 Å². The number of nitrogens with one attached hydrogen (secondary N) is 2. The lowest BCUT2D eigenvalue weighted by Crippen LogP contribution is -2.30. The Morgan fingerprint density at radius 2 is 1.82 bits per heavy atom. The van der Waals surface area contributed by atoms with Crippen LogP contribution in [0.15, 0.2) is 33.4 Å². The summed E-state index contributed by atoms with van der Waals surface area (Å²) in [7, 11) is 4.82. The second kappa shape index (κ2) is 9.45. The molecule has 1 aromatic carbocycles. The molecule has 0 spiro atoms. The smallest absolute Gasteiger partial charge is 0.272 e. The van der Waals surface area contributed by atoms with Crippen LogP contribution in [0.1, 0.15) is 16.7 Å². The fourth-order valence-corrected chi connectivity index (χ4v) is 2.41. The first kappa shape index (κ1) is 22.6. The highest BCUT2D eigenvalue weighted by Gasteiger charge is 2.20. The number of nitrogens with zero attached hydrogens (tertiary/aromatic N) is 3. The third-order valence-electron chi connectivity index (χ3n) is 4.39. The molecule has 1 rings (SSSR count). The van der Waals surface area contributed by atoms with Crippen LogP contribution in [0.2, 0.25) is 0 Å². The molecule has 0 atom stereocenters. The highest BCUT2D eigenvalue weighted by Crippen LogP contribution is 2.23. The number of anilines is 1. The van der Waals surface area contributed by atoms with Crippen LogP contribution in [0.3, 0.4) is 0 Å². The standard InChI is InChI=1S/C19H27N7O2/c1-10-11(2)13(8-7-12(10)9-14(27)26(5)6)25-19(28)16(20)15(17(21)23-3)18(22)24-4/h7-8,21H,3,9,20H2,1-2,4-6H3,(H2,22,24)(H,25,28)/b16-15-,21-17?. The minimum absolute atomic E-state index is 0.0131. The minimum Gasteiger partial charge on any atom is -0.394 e. The van der Waals surface area contributed by atoms with Gasteiger partial charge in [-0.25, -0.2) is 4.99 Å². The SMILES string of the molecule is C=NC(=N)/C(C(N)=NC)=C(/N)C(=O)Nc1ccc(CC(=O)N(C)C)c(C)c1C. The van der Waals surface area contributed by atoms with Crippen LogP contribution in [0, 0.1) is 19.3 Å². The molecule has 0 aliphatic carbocycles. The average Bonchev–Trinajstić information content (AvgIpc) is 2.66. The minimum atomic E-state index is -0.644. The van der Waals surface area contributed by atoms with Crippen LogP contribution in [0.25, 0.3) is 0 Å². The van der Waals surface area contributed by atoms with E-state index in [1.165, 1.54) is 11.9 Å². The Kier molecular flexibility index (Phi) is 7.61. The molecule has 150 valence electrons. The van der Waals surface area contributed by atoms with E-state index in [0.29, 0.717) is 5.69 Å². The molecular formula is C19H27N7O2. The Morgan fingerprint density at radius 3 is 2.32 bits per heavy atom. The molecule has 0 unspecified atom stereocenters. The van der Waals surface area contributed by atoms with E-state index in [0.717, 1.165) is 16.7 Å². The van der Waals surface area contributed by atoms with Crippen molar-refractivity contribution in [3.8, 4) is 0 Å². The summed E-state index contributed by atoms with van der Waals surface area (Å²) in [6, 6.07) is 3.50. The number of amidine groups is 2. The predicted molar refractivity (Wildman–Crippen MR) is 113 cm³/mol. The number of nitrogens with two attached hydrogens (primary N) is 2. The molecule has 0 aromatic heterocycles. The molecule has 9 heteroatoms. The summed E-state index contributed by atoms with van der Waals surface area (Å²) in [5.74, 6) is -1.09. The van der Waals surface area contributed by atoms with Gasteiger partial charge in [0.15, 0.2) is 5.84 Å². The van der Waals surface area contributed by atoms with Gasteiger partial charge in [0.25, 0.3) is 5.91 Å². The van der Waals surface area contributed by atoms with Gasteiger partial charge in [0.1, 0.15) is 11.5 Å². The van der Waals surface area contributed by atoms with Crippen molar-refractivity contribution in [1.29, 1.82) is 5.41 Å². The fourth-order valence-electron chi connectivity index (χ4n) is 2.41. The van der Waals surface area contributed by atoms with Crippen molar-refractivity contribution < 1.29 is 9.59 Å². The first-order chi connectivity index (χ1) is 13.0. The lowest BCUT2D eigenvalue weighted by molar-refractivity contribution is -0.128. The number of carbonyl (C=O) groups excluding carboxylic acids is 2. The number of benzene rings is 1. The Labute approximate surface area is 164 Å². The van der Waals surface area contributed by atoms with Crippen molar-refractivity contribution >= 4 is 35.9 Å². The highest BCUT2D eigenvalue weighted by atomic mass is 16.2. The highest BCUT2D eigenvalue weighted by molar-refractivity contribution is 6.26. The van der Waals surface area contributed by atoms with Crippen molar-refractivity contribution in [1.82, 2.24) is 4.90 Å². The number of hydrogen-bond donors (Lipinski definition) is 4. The zero-order valence-corrected chi connectivity index (χ0v) is 16.9. The molecule has 0 radical (unpaired) electrons. The predicted octanol–water partition coefficient (Wildman–Crippen LogP) is 0.750. The molecule has 0 bridgehead atoms. The molecule has 0 heterocycles. The van der Waals surface area contributed by atoms with E-state index in [4.69, 9.17) is 16.9 Å². The molecule has 0 aliphatic heterocycles. The number of rotatable bonds is 6. The van der Waals surface area contributed by atoms with Gasteiger partial charge in [0, 0.05) is 26.8 Å². The van der Waals surface area contributed by atoms with Crippen LogP contribution >= 0.6 is 0 Å². The summed E-state index contributed by atoms with van der Waals surface area (Å²) >= 11 is 0. The van der Waals surface area contributed by atoms with Crippen molar-refractivity contribution in [2.75, 3.05) is 26.5 Å². The topological polar surface area (TPSA) is 150 Å². The van der Waals surface area contributed by atoms with Gasteiger partial charge in [-0.05, 0) is 43.3 Å². The molecular weight excluding hydrogens is 358 g/mol. The van der Waals surface area contributed by atoms with Crippen molar-refractivity contribution in [2.24, 2.45) is 21.5 Å². The Bertz CT molecular complexity index is 879. The lowest BCUT2D eigenvalue weighted by Gasteiger charge is -2.17. The van der Waals surface area contributed by atoms with Crippen LogP contribution in [-0.4, -0.2) is 56.2 Å². The average molecular weight is 385 g/mol. The molecule has 0 saturated carbocycles. The van der Waals surface area contributed by atoms with Crippen molar-refractivity contribution in [3.63, 3.8) is 0 Å². The van der Waals surface area contributed by atoms with E-state index >= 15 is 0 Å². The maximum atomic E-state index is 12.6. The summed E-state index contributed by atoms with van der Waals surface area (Å²) in [6.45, 7) is 6.98. The van der Waals surface area contributed by atoms with E-state index < -0.39 is 5.91 Å². The molecule has 0 aliphatic rings. The van der Waals surface area contributed by atoms with Crippen LogP contribution in [0.4, 0.5) is 5.69 Å². The number of carbonyl (C=O) groups is 2. The fraction of sp³-hybridized carbons (Fsp3) is 0.316. The number of amides is 2. The van der Waals surface area contributed by atoms with E-state index in [1.807, 2.05) is 13.8 Å². The van der Waals surface area contributed by atoms with Gasteiger partial charge < -0.3 is 21.7 Å². The van der Waals surface area contributed by atoms with Gasteiger partial charge in [0.2, 0.25) is 5.91 Å². The van der Waals surface area contributed by atoms with E-state index in [1.54, 1.807) is 26.2 Å². The monoisotopic (exact) mass is 385 g/mol. The largest absolute Gasteiger partial charge is 0.394 e. The van der Waals surface area contributed by atoms with E-state index in [9.17, 15) is 9.59 Å². The maximum absolute atomic E-state index is 12.6. The maximum Gasteiger partial charge on any atom is 0.272 e. The summed E-state index contributed by atoms with van der Waals surface area (Å²) in [5, 5.41) is 10.5. The Balaban J connectivity index is 3.23. The summed E-state index contributed by atoms with van der Waals surface area (Å²) in [5.41, 5.74) is 14.4. The first-order valence-electron chi connectivity index (χ1n) is 8.43. The van der Waals surface area contributed by atoms with E-state index in [-0.39, 0.29) is 35.3 Å². The van der Waals surface area contributed by atoms with Gasteiger partial charge >= 0.3 is 0 Å². The van der Waals surface area contributed by atoms with Crippen molar-refractivity contribution in [2.45, 2.75) is 20.3 Å². The summed E-state index contributed by atoms with van der Waals surface area (Å²) in [6.07, 6.45) is 0.270. The first-order valence-corrected chi connectivity index (χ1v) is 8.43. The van der Waals surface area contributed by atoms with Gasteiger partial charge in [0.05, 0.1) is 12.0 Å². The number of hydrogen-bond acceptors (Lipinski definition) is 5. The molecule has 0 saturated heterocycles. The van der Waals surface area contributed by atoms with Gasteiger partial charge in [-0.3, -0.25) is 20.0 Å². The van der Waals surface area contributed by atoms with Gasteiger partial charge in [-0.2, -0.15) is 0 Å². The third kappa shape index (κ3) is 5.03. The third-order valence-corrected chi connectivity index (χ3v) is 4.39. The molecule has 6 N–H and O–H groups in total. The summed E-state index contributed by atoms with van der Waals surface area (Å²) < 4.78 is 0.